The molecule has 20 heavy (non-hydrogen) atoms. The van der Waals surface area contributed by atoms with Crippen molar-refractivity contribution in [2.24, 2.45) is 5.73 Å². The van der Waals surface area contributed by atoms with E-state index in [1.165, 1.54) is 11.1 Å². The Kier molecular flexibility index (Phi) is 4.75. The Morgan fingerprint density at radius 1 is 0.950 bits per heavy atom. The predicted molar refractivity (Wildman–Crippen MR) is 87.5 cm³/mol. The van der Waals surface area contributed by atoms with Crippen LogP contribution >= 0.6 is 0 Å². The van der Waals surface area contributed by atoms with Crippen LogP contribution < -0.4 is 5.73 Å². The first-order chi connectivity index (χ1) is 9.54. The van der Waals surface area contributed by atoms with Crippen molar-refractivity contribution >= 4 is 6.08 Å². The number of rotatable bonds is 5. The Morgan fingerprint density at radius 2 is 1.50 bits per heavy atom. The van der Waals surface area contributed by atoms with E-state index in [1.807, 2.05) is 6.07 Å². The Labute approximate surface area is 122 Å². The summed E-state index contributed by atoms with van der Waals surface area (Å²) in [6.07, 6.45) is 5.38. The number of hydrogen-bond acceptors (Lipinski definition) is 1. The van der Waals surface area contributed by atoms with Crippen LogP contribution in [0.4, 0.5) is 0 Å². The van der Waals surface area contributed by atoms with Crippen molar-refractivity contribution in [3.63, 3.8) is 0 Å². The average molecular weight is 265 g/mol. The molecule has 0 heterocycles. The average Bonchev–Trinajstić information content (AvgIpc) is 2.44. The number of hydrogen-bond donors (Lipinski definition) is 1. The minimum absolute atomic E-state index is 0.179. The molecular formula is C19H23N. The maximum Gasteiger partial charge on any atom is 0.0106 e. The molecule has 1 unspecified atom stereocenters. The lowest BCUT2D eigenvalue weighted by atomic mass is 9.86. The fourth-order valence-corrected chi connectivity index (χ4v) is 2.36. The van der Waals surface area contributed by atoms with E-state index in [1.54, 1.807) is 0 Å². The van der Waals surface area contributed by atoms with E-state index in [4.69, 9.17) is 5.73 Å². The summed E-state index contributed by atoms with van der Waals surface area (Å²) in [6.45, 7) is 4.17. The third-order valence-corrected chi connectivity index (χ3v) is 3.29. The maximum absolute atomic E-state index is 6.21. The molecule has 0 spiro atoms. The van der Waals surface area contributed by atoms with E-state index < -0.39 is 0 Å². The van der Waals surface area contributed by atoms with Crippen molar-refractivity contribution in [3.8, 4) is 0 Å². The Bertz CT molecular complexity index is 535. The van der Waals surface area contributed by atoms with Crippen LogP contribution in [-0.4, -0.2) is 5.54 Å². The van der Waals surface area contributed by atoms with Gasteiger partial charge in [0.25, 0.3) is 0 Å². The van der Waals surface area contributed by atoms with Crippen LogP contribution in [0.25, 0.3) is 6.08 Å². The molecule has 2 N–H and O–H groups in total. The first-order valence-corrected chi connectivity index (χ1v) is 7.12. The highest BCUT2D eigenvalue weighted by Crippen LogP contribution is 2.26. The molecule has 0 amide bonds. The second-order valence-corrected chi connectivity index (χ2v) is 5.98. The lowest BCUT2D eigenvalue weighted by Gasteiger charge is -2.24. The third-order valence-electron chi connectivity index (χ3n) is 3.29. The van der Waals surface area contributed by atoms with Gasteiger partial charge < -0.3 is 5.73 Å². The van der Waals surface area contributed by atoms with Crippen molar-refractivity contribution in [2.75, 3.05) is 0 Å². The predicted octanol–water partition coefficient (Wildman–Crippen LogP) is 4.61. The maximum atomic E-state index is 6.21. The monoisotopic (exact) mass is 265 g/mol. The van der Waals surface area contributed by atoms with Crippen LogP contribution in [0.1, 0.15) is 37.3 Å². The summed E-state index contributed by atoms with van der Waals surface area (Å²) in [6, 6.07) is 21.0. The zero-order valence-corrected chi connectivity index (χ0v) is 12.3. The van der Waals surface area contributed by atoms with Gasteiger partial charge in [0.1, 0.15) is 0 Å². The van der Waals surface area contributed by atoms with E-state index in [0.29, 0.717) is 5.92 Å². The minimum Gasteiger partial charge on any atom is -0.326 e. The zero-order valence-electron chi connectivity index (χ0n) is 12.3. The molecule has 104 valence electrons. The molecule has 0 aliphatic carbocycles. The molecule has 0 aliphatic rings. The van der Waals surface area contributed by atoms with Crippen LogP contribution in [0.5, 0.6) is 0 Å². The van der Waals surface area contributed by atoms with Gasteiger partial charge in [0.2, 0.25) is 0 Å². The van der Waals surface area contributed by atoms with Gasteiger partial charge in [0.05, 0.1) is 0 Å². The van der Waals surface area contributed by atoms with Gasteiger partial charge >= 0.3 is 0 Å². The van der Waals surface area contributed by atoms with E-state index in [2.05, 4.69) is 80.6 Å². The normalized spacial score (nSPS) is 13.6. The van der Waals surface area contributed by atoms with Gasteiger partial charge in [-0.05, 0) is 31.4 Å². The molecular weight excluding hydrogens is 242 g/mol. The summed E-state index contributed by atoms with van der Waals surface area (Å²) >= 11 is 0. The second kappa shape index (κ2) is 6.53. The fourth-order valence-electron chi connectivity index (χ4n) is 2.36. The molecule has 2 aromatic carbocycles. The molecule has 1 heteroatoms. The molecule has 2 rings (SSSR count). The van der Waals surface area contributed by atoms with Crippen molar-refractivity contribution in [2.45, 2.75) is 31.7 Å². The zero-order chi connectivity index (χ0) is 14.4. The van der Waals surface area contributed by atoms with Crippen molar-refractivity contribution < 1.29 is 0 Å². The van der Waals surface area contributed by atoms with Gasteiger partial charge in [0.15, 0.2) is 0 Å². The molecule has 0 aromatic heterocycles. The molecule has 1 nitrogen and oxygen atoms in total. The molecule has 0 radical (unpaired) electrons. The lowest BCUT2D eigenvalue weighted by molar-refractivity contribution is 0.454. The number of nitrogens with two attached hydrogens (primary N) is 1. The molecule has 0 saturated carbocycles. The molecule has 0 aliphatic heterocycles. The summed E-state index contributed by atoms with van der Waals surface area (Å²) in [5, 5.41) is 0. The van der Waals surface area contributed by atoms with Crippen molar-refractivity contribution in [1.82, 2.24) is 0 Å². The Morgan fingerprint density at radius 3 is 2.05 bits per heavy atom. The standard InChI is InChI=1S/C19H23N/c1-19(2,20)15-18(17-11-7-4-8-12-17)14-13-16-9-5-3-6-10-16/h3-14,18H,15,20H2,1-2H3. The van der Waals surface area contributed by atoms with Crippen molar-refractivity contribution in [3.05, 3.63) is 77.9 Å². The first-order valence-electron chi connectivity index (χ1n) is 7.12. The third kappa shape index (κ3) is 4.67. The topological polar surface area (TPSA) is 26.0 Å². The molecule has 0 fully saturated rings. The van der Waals surface area contributed by atoms with Gasteiger partial charge in [-0.3, -0.25) is 0 Å². The fraction of sp³-hybridized carbons (Fsp3) is 0.263. The lowest BCUT2D eigenvalue weighted by Crippen LogP contribution is -2.33. The van der Waals surface area contributed by atoms with Gasteiger partial charge in [0, 0.05) is 11.5 Å². The van der Waals surface area contributed by atoms with Crippen LogP contribution in [0.3, 0.4) is 0 Å². The molecule has 0 bridgehead atoms. The summed E-state index contributed by atoms with van der Waals surface area (Å²) in [5.74, 6) is 0.344. The molecule has 2 aromatic rings. The SMILES string of the molecule is CC(C)(N)CC(C=Cc1ccccc1)c1ccccc1. The highest BCUT2D eigenvalue weighted by molar-refractivity contribution is 5.50. The molecule has 0 saturated heterocycles. The number of allylic oxidation sites excluding steroid dienone is 1. The van der Waals surface area contributed by atoms with E-state index in [-0.39, 0.29) is 5.54 Å². The van der Waals surface area contributed by atoms with Gasteiger partial charge in [-0.15, -0.1) is 0 Å². The van der Waals surface area contributed by atoms with E-state index >= 15 is 0 Å². The minimum atomic E-state index is -0.179. The first kappa shape index (κ1) is 14.5. The largest absolute Gasteiger partial charge is 0.326 e. The highest BCUT2D eigenvalue weighted by atomic mass is 14.7. The van der Waals surface area contributed by atoms with Gasteiger partial charge in [-0.25, -0.2) is 0 Å². The van der Waals surface area contributed by atoms with Gasteiger partial charge in [-0.2, -0.15) is 0 Å². The Hall–Kier alpha value is -1.86. The van der Waals surface area contributed by atoms with Crippen LogP contribution in [0.2, 0.25) is 0 Å². The number of benzene rings is 2. The second-order valence-electron chi connectivity index (χ2n) is 5.98. The van der Waals surface area contributed by atoms with Gasteiger partial charge in [-0.1, -0.05) is 72.8 Å². The highest BCUT2D eigenvalue weighted by Gasteiger charge is 2.18. The molecule has 1 atom stereocenters. The van der Waals surface area contributed by atoms with Crippen LogP contribution in [-0.2, 0) is 0 Å². The summed E-state index contributed by atoms with van der Waals surface area (Å²) in [5.41, 5.74) is 8.57. The Balaban J connectivity index is 2.21. The van der Waals surface area contributed by atoms with E-state index in [0.717, 1.165) is 6.42 Å². The van der Waals surface area contributed by atoms with Crippen LogP contribution in [0, 0.1) is 0 Å². The van der Waals surface area contributed by atoms with Crippen molar-refractivity contribution in [1.29, 1.82) is 0 Å². The van der Waals surface area contributed by atoms with Crippen LogP contribution in [0.15, 0.2) is 66.7 Å². The summed E-state index contributed by atoms with van der Waals surface area (Å²) in [7, 11) is 0. The quantitative estimate of drug-likeness (QED) is 0.839. The smallest absolute Gasteiger partial charge is 0.0106 e. The van der Waals surface area contributed by atoms with E-state index in [9.17, 15) is 0 Å². The summed E-state index contributed by atoms with van der Waals surface area (Å²) < 4.78 is 0. The summed E-state index contributed by atoms with van der Waals surface area (Å²) in [4.78, 5) is 0.